The summed E-state index contributed by atoms with van der Waals surface area (Å²) in [5.41, 5.74) is 8.79. The fourth-order valence-corrected chi connectivity index (χ4v) is 12.6. The van der Waals surface area contributed by atoms with Gasteiger partial charge in [-0.3, -0.25) is 9.59 Å². The Morgan fingerprint density at radius 3 is 1.55 bits per heavy atom. The number of thiophene rings is 3. The number of aromatic nitrogens is 3. The van der Waals surface area contributed by atoms with E-state index in [0.29, 0.717) is 11.4 Å². The van der Waals surface area contributed by atoms with E-state index in [9.17, 15) is 14.7 Å². The van der Waals surface area contributed by atoms with Crippen molar-refractivity contribution in [2.24, 2.45) is 0 Å². The molecule has 9 aromatic rings. The Morgan fingerprint density at radius 1 is 0.684 bits per heavy atom. The summed E-state index contributed by atoms with van der Waals surface area (Å²) in [6, 6.07) is 25.0. The number of hydrogen-bond donors (Lipinski definition) is 1. The number of halogens is 4. The standard InChI is InChI=1S/C16H18N2OS2.C16H16N2OS2.C12H14BrNS.C4H3NOS.C4H9.CHCl3.Li.Mn.2O/c2*1-18(2)8-7-14-15(16(19)12-9-20-10-17-12)11-5-3-4-6-13(11)21-14;1-14(2)8-7-11-12(13)9-5-3-4-6-10(9)15-11;6-1-4-2-7-3-5-4;1-3-4-2;2-1(3)4;;;;/h3-6,9-10,16,19H,7-8H2,1-2H3;3-6,9-10H,7-8H2,1-2H3;3-6H,7-8H2,1-2H3;1-3H;1,3-4H2,2H3;1H;;;;/q;;;;-1;;+1;;;. The van der Waals surface area contributed by atoms with Crippen LogP contribution in [0.1, 0.15) is 78.3 Å². The third-order valence-electron chi connectivity index (χ3n) is 10.2. The van der Waals surface area contributed by atoms with Crippen molar-refractivity contribution in [3.05, 3.63) is 160 Å². The second kappa shape index (κ2) is 39.1. The number of benzene rings is 3. The molecule has 0 aliphatic rings. The van der Waals surface area contributed by atoms with Crippen LogP contribution in [0.3, 0.4) is 0 Å². The Morgan fingerprint density at radius 2 is 1.11 bits per heavy atom. The number of alkyl halides is 3. The summed E-state index contributed by atoms with van der Waals surface area (Å²) in [7, 11) is 12.5. The minimum absolute atomic E-state index is 0. The van der Waals surface area contributed by atoms with E-state index in [4.69, 9.17) is 42.5 Å². The van der Waals surface area contributed by atoms with Gasteiger partial charge in [0, 0.05) is 90.9 Å². The van der Waals surface area contributed by atoms with Crippen LogP contribution in [0.15, 0.2) is 110 Å². The number of aldehydes is 1. The van der Waals surface area contributed by atoms with Crippen LogP contribution < -0.4 is 18.9 Å². The molecule has 6 heterocycles. The van der Waals surface area contributed by atoms with Gasteiger partial charge in [0.15, 0.2) is 10.6 Å². The number of carbonyl (C=O) groups excluding carboxylic acids is 2. The first-order valence-corrected chi connectivity index (χ1v) is 31.4. The molecule has 0 saturated heterocycles. The number of fused-ring (bicyclic) bond motifs is 3. The first kappa shape index (κ1) is 69.8. The predicted molar refractivity (Wildman–Crippen MR) is 322 cm³/mol. The van der Waals surface area contributed by atoms with Crippen molar-refractivity contribution in [2.45, 2.75) is 49.4 Å². The molecule has 1 unspecified atom stereocenters. The molecule has 0 saturated carbocycles. The minimum atomic E-state index is -1.44. The van der Waals surface area contributed by atoms with Crippen LogP contribution in [0, 0.1) is 6.92 Å². The third kappa shape index (κ3) is 24.2. The first-order valence-electron chi connectivity index (χ1n) is 23.0. The molecule has 3 aromatic carbocycles. The summed E-state index contributed by atoms with van der Waals surface area (Å²) in [6.07, 6.45) is 5.33. The molecule has 11 nitrogen and oxygen atoms in total. The van der Waals surface area contributed by atoms with Gasteiger partial charge in [-0.15, -0.1) is 68.0 Å². The Labute approximate surface area is 512 Å². The van der Waals surface area contributed by atoms with Gasteiger partial charge < -0.3 is 26.7 Å². The molecule has 0 bridgehead atoms. The zero-order chi connectivity index (χ0) is 55.3. The number of likely N-dealkylation sites (N-methyl/N-ethyl adjacent to an activating group) is 3. The molecule has 0 radical (unpaired) electrons. The van der Waals surface area contributed by atoms with Crippen molar-refractivity contribution in [1.82, 2.24) is 29.7 Å². The second-order valence-electron chi connectivity index (χ2n) is 16.5. The number of hydrogen-bond acceptors (Lipinski definition) is 17. The summed E-state index contributed by atoms with van der Waals surface area (Å²) >= 11 is 26.5. The third-order valence-corrected chi connectivity index (χ3v) is 16.8. The van der Waals surface area contributed by atoms with E-state index in [-0.39, 0.29) is 24.6 Å². The van der Waals surface area contributed by atoms with Gasteiger partial charge in [-0.05, 0) is 101 Å². The maximum atomic E-state index is 12.8. The van der Waals surface area contributed by atoms with Gasteiger partial charge in [0.1, 0.15) is 17.5 Å². The molecule has 6 aromatic heterocycles. The Balaban J connectivity index is 0.000000336. The molecular formula is C53H61BrCl3LiMnN6O5S6. The molecule has 0 amide bonds. The molecule has 0 fully saturated rings. The van der Waals surface area contributed by atoms with Gasteiger partial charge in [0.05, 0.1) is 22.2 Å². The zero-order valence-electron chi connectivity index (χ0n) is 43.6. The second-order valence-corrected chi connectivity index (χ2v) is 25.1. The van der Waals surface area contributed by atoms with Crippen LogP contribution in [0.2, 0.25) is 0 Å². The number of carbonyl (C=O) groups is 2. The molecule has 0 aliphatic heterocycles. The number of aliphatic hydroxyl groups is 1. The average molecular weight is 1300 g/mol. The topological polar surface area (TPSA) is 137 Å². The van der Waals surface area contributed by atoms with E-state index in [2.05, 4.69) is 144 Å². The molecule has 76 heavy (non-hydrogen) atoms. The summed E-state index contributed by atoms with van der Waals surface area (Å²) in [4.78, 5) is 45.1. The van der Waals surface area contributed by atoms with Crippen molar-refractivity contribution in [1.29, 1.82) is 0 Å². The van der Waals surface area contributed by atoms with E-state index >= 15 is 0 Å². The summed E-state index contributed by atoms with van der Waals surface area (Å²) < 4.78 is 21.1. The fourth-order valence-electron chi connectivity index (χ4n) is 6.56. The van der Waals surface area contributed by atoms with Crippen LogP contribution in [0.4, 0.5) is 0 Å². The van der Waals surface area contributed by atoms with Gasteiger partial charge in [0.25, 0.3) is 0 Å². The number of thiazole rings is 3. The van der Waals surface area contributed by atoms with E-state index in [0.717, 1.165) is 84.1 Å². The summed E-state index contributed by atoms with van der Waals surface area (Å²) in [6.45, 7) is 8.74. The van der Waals surface area contributed by atoms with Crippen LogP contribution >= 0.6 is 119 Å². The summed E-state index contributed by atoms with van der Waals surface area (Å²) in [5, 5.41) is 19.7. The molecule has 0 spiro atoms. The van der Waals surface area contributed by atoms with Crippen molar-refractivity contribution in [2.75, 3.05) is 61.9 Å². The van der Waals surface area contributed by atoms with E-state index in [1.807, 2.05) is 52.4 Å². The van der Waals surface area contributed by atoms with Crippen molar-refractivity contribution >= 4 is 161 Å². The SMILES string of the molecule is CN(C)CCc1sc2ccccc2c1Br.CN(C)CCc1sc2ccccc2c1C(=O)c1cscn1.CN(C)CCc1sc2ccccc2c1C(O)c1cscn1.ClC(Cl)Cl.O=Cc1cscn1.[CH2-]CCC.[Li+].[O]=[Mn]=[O]. The Hall–Kier alpha value is -2.32. The van der Waals surface area contributed by atoms with E-state index in [1.54, 1.807) is 44.6 Å². The molecule has 1 N–H and O–H groups in total. The van der Waals surface area contributed by atoms with Gasteiger partial charge in [-0.25, -0.2) is 15.0 Å². The number of unbranched alkanes of at least 4 members (excludes halogenated alkanes) is 1. The zero-order valence-corrected chi connectivity index (χ0v) is 53.5. The van der Waals surface area contributed by atoms with Crippen molar-refractivity contribution < 1.29 is 56.0 Å². The van der Waals surface area contributed by atoms with Crippen LogP contribution in [0.5, 0.6) is 0 Å². The number of aliphatic hydroxyl groups excluding tert-OH is 1. The maximum absolute atomic E-state index is 12.8. The normalized spacial score (nSPS) is 10.9. The van der Waals surface area contributed by atoms with Crippen molar-refractivity contribution in [3.63, 3.8) is 0 Å². The average Bonchev–Trinajstić information content (AvgIpc) is 4.27. The van der Waals surface area contributed by atoms with Crippen LogP contribution in [-0.4, -0.2) is 113 Å². The number of rotatable bonds is 15. The Kier molecular flexibility index (Phi) is 35.9. The van der Waals surface area contributed by atoms with Gasteiger partial charge in [0.2, 0.25) is 5.78 Å². The molecule has 23 heteroatoms. The van der Waals surface area contributed by atoms with Crippen LogP contribution in [-0.2, 0) is 41.8 Å². The van der Waals surface area contributed by atoms with E-state index in [1.165, 1.54) is 74.1 Å². The quantitative estimate of drug-likeness (QED) is 0.0345. The molecule has 405 valence electrons. The molecular weight excluding hydrogens is 1240 g/mol. The molecule has 0 aliphatic carbocycles. The number of nitrogens with zero attached hydrogens (tertiary/aromatic N) is 6. The van der Waals surface area contributed by atoms with Crippen molar-refractivity contribution in [3.8, 4) is 0 Å². The summed E-state index contributed by atoms with van der Waals surface area (Å²) in [5.74, 6) is 0.0439. The van der Waals surface area contributed by atoms with E-state index < -0.39 is 25.2 Å². The Bertz CT molecular complexity index is 3040. The molecule has 9 rings (SSSR count). The first-order chi connectivity index (χ1) is 36.0. The molecule has 1 atom stereocenters. The van der Waals surface area contributed by atoms with Gasteiger partial charge >= 0.3 is 41.4 Å². The fraction of sp³-hybridized carbons (Fsp3) is 0.321. The van der Waals surface area contributed by atoms with Gasteiger partial charge in [-0.1, -0.05) is 103 Å². The van der Waals surface area contributed by atoms with Gasteiger partial charge in [-0.2, -0.15) is 6.42 Å². The predicted octanol–water partition coefficient (Wildman–Crippen LogP) is 12.3. The van der Waals surface area contributed by atoms with Crippen LogP contribution in [0.25, 0.3) is 30.3 Å². The monoisotopic (exact) mass is 1300 g/mol. The number of ketones is 1.